The normalized spacial score (nSPS) is 15.3. The first kappa shape index (κ1) is 16.5. The third-order valence-electron chi connectivity index (χ3n) is 4.20. The molecule has 1 aromatic heterocycles. The number of piperazine rings is 1. The zero-order valence-corrected chi connectivity index (χ0v) is 14.0. The van der Waals surface area contributed by atoms with Crippen LogP contribution in [0.2, 0.25) is 0 Å². The van der Waals surface area contributed by atoms with Crippen LogP contribution in [0.4, 0.5) is 0 Å². The van der Waals surface area contributed by atoms with E-state index in [1.54, 1.807) is 24.5 Å². The number of hydrogen-bond acceptors (Lipinski definition) is 4. The van der Waals surface area contributed by atoms with Crippen molar-refractivity contribution in [1.29, 1.82) is 0 Å². The fraction of sp³-hybridized carbons (Fsp3) is 0.368. The average Bonchev–Trinajstić information content (AvgIpc) is 2.63. The van der Waals surface area contributed by atoms with Crippen molar-refractivity contribution in [2.75, 3.05) is 32.8 Å². The van der Waals surface area contributed by atoms with E-state index < -0.39 is 0 Å². The Labute approximate surface area is 142 Å². The molecule has 5 heteroatoms. The monoisotopic (exact) mass is 325 g/mol. The second-order valence-electron chi connectivity index (χ2n) is 5.88. The first-order chi connectivity index (χ1) is 11.8. The molecule has 1 saturated heterocycles. The highest BCUT2D eigenvalue weighted by Crippen LogP contribution is 2.16. The smallest absolute Gasteiger partial charge is 0.254 e. The summed E-state index contributed by atoms with van der Waals surface area (Å²) in [5.41, 5.74) is 1.96. The Morgan fingerprint density at radius 2 is 1.88 bits per heavy atom. The number of benzene rings is 1. The Kier molecular flexibility index (Phi) is 5.43. The Morgan fingerprint density at radius 3 is 2.58 bits per heavy atom. The Morgan fingerprint density at radius 1 is 1.12 bits per heavy atom. The van der Waals surface area contributed by atoms with Crippen LogP contribution < -0.4 is 4.74 Å². The van der Waals surface area contributed by atoms with Crippen molar-refractivity contribution < 1.29 is 9.53 Å². The largest absolute Gasteiger partial charge is 0.494 e. The number of pyridine rings is 1. The maximum Gasteiger partial charge on any atom is 0.254 e. The van der Waals surface area contributed by atoms with Crippen LogP contribution in [-0.4, -0.2) is 53.5 Å². The molecule has 1 aliphatic heterocycles. The minimum atomic E-state index is 0.0930. The standard InChI is InChI=1S/C19H23N3O2/c1-2-24-18-5-3-4-16(14-18)15-21-10-12-22(13-11-21)19(23)17-6-8-20-9-7-17/h3-9,14H,2,10-13,15H2,1H3. The van der Waals surface area contributed by atoms with E-state index in [9.17, 15) is 4.79 Å². The van der Waals surface area contributed by atoms with Gasteiger partial charge in [0.2, 0.25) is 0 Å². The third kappa shape index (κ3) is 4.11. The topological polar surface area (TPSA) is 45.7 Å². The van der Waals surface area contributed by atoms with Crippen molar-refractivity contribution in [3.8, 4) is 5.75 Å². The lowest BCUT2D eigenvalue weighted by atomic mass is 10.1. The van der Waals surface area contributed by atoms with Gasteiger partial charge in [-0.25, -0.2) is 0 Å². The van der Waals surface area contributed by atoms with Crippen LogP contribution in [0, 0.1) is 0 Å². The lowest BCUT2D eigenvalue weighted by Gasteiger charge is -2.34. The number of hydrogen-bond donors (Lipinski definition) is 0. The first-order valence-electron chi connectivity index (χ1n) is 8.39. The lowest BCUT2D eigenvalue weighted by Crippen LogP contribution is -2.48. The number of amides is 1. The van der Waals surface area contributed by atoms with Crippen LogP contribution in [0.15, 0.2) is 48.8 Å². The molecule has 0 N–H and O–H groups in total. The van der Waals surface area contributed by atoms with Crippen molar-refractivity contribution in [1.82, 2.24) is 14.8 Å². The van der Waals surface area contributed by atoms with Gasteiger partial charge < -0.3 is 9.64 Å². The summed E-state index contributed by atoms with van der Waals surface area (Å²) in [5, 5.41) is 0. The van der Waals surface area contributed by atoms with Gasteiger partial charge in [0.25, 0.3) is 5.91 Å². The van der Waals surface area contributed by atoms with Gasteiger partial charge in [-0.05, 0) is 36.8 Å². The molecule has 3 rings (SSSR count). The first-order valence-corrected chi connectivity index (χ1v) is 8.39. The van der Waals surface area contributed by atoms with E-state index >= 15 is 0 Å². The number of ether oxygens (including phenoxy) is 1. The molecule has 1 fully saturated rings. The summed E-state index contributed by atoms with van der Waals surface area (Å²) in [6.07, 6.45) is 3.32. The Bertz CT molecular complexity index is 667. The van der Waals surface area contributed by atoms with E-state index in [1.165, 1.54) is 5.56 Å². The molecule has 0 spiro atoms. The Hall–Kier alpha value is -2.40. The van der Waals surface area contributed by atoms with Gasteiger partial charge in [-0.1, -0.05) is 12.1 Å². The summed E-state index contributed by atoms with van der Waals surface area (Å²) < 4.78 is 5.56. The fourth-order valence-corrected chi connectivity index (χ4v) is 2.94. The molecule has 5 nitrogen and oxygen atoms in total. The van der Waals surface area contributed by atoms with Crippen LogP contribution in [0.5, 0.6) is 5.75 Å². The predicted molar refractivity (Wildman–Crippen MR) is 93.0 cm³/mol. The molecule has 0 radical (unpaired) electrons. The number of nitrogens with zero attached hydrogens (tertiary/aromatic N) is 3. The molecule has 0 atom stereocenters. The summed E-state index contributed by atoms with van der Waals surface area (Å²) in [7, 11) is 0. The van der Waals surface area contributed by atoms with Crippen molar-refractivity contribution in [3.05, 3.63) is 59.9 Å². The molecule has 1 aromatic carbocycles. The predicted octanol–water partition coefficient (Wildman–Crippen LogP) is 2.44. The highest BCUT2D eigenvalue weighted by molar-refractivity contribution is 5.94. The molecule has 0 bridgehead atoms. The van der Waals surface area contributed by atoms with E-state index in [-0.39, 0.29) is 5.91 Å². The summed E-state index contributed by atoms with van der Waals surface area (Å²) in [6.45, 7) is 6.84. The minimum absolute atomic E-state index is 0.0930. The van der Waals surface area contributed by atoms with Crippen molar-refractivity contribution in [3.63, 3.8) is 0 Å². The highest BCUT2D eigenvalue weighted by atomic mass is 16.5. The molecule has 126 valence electrons. The summed E-state index contributed by atoms with van der Waals surface area (Å²) in [4.78, 5) is 20.7. The zero-order valence-electron chi connectivity index (χ0n) is 14.0. The maximum absolute atomic E-state index is 12.4. The molecule has 24 heavy (non-hydrogen) atoms. The third-order valence-corrected chi connectivity index (χ3v) is 4.20. The number of carbonyl (C=O) groups is 1. The van der Waals surface area contributed by atoms with Gasteiger partial charge in [-0.15, -0.1) is 0 Å². The molecule has 0 saturated carbocycles. The van der Waals surface area contributed by atoms with Crippen LogP contribution in [-0.2, 0) is 6.54 Å². The molecular formula is C19H23N3O2. The zero-order chi connectivity index (χ0) is 16.8. The van der Waals surface area contributed by atoms with Gasteiger partial charge in [0.1, 0.15) is 5.75 Å². The van der Waals surface area contributed by atoms with Crippen LogP contribution in [0.25, 0.3) is 0 Å². The van der Waals surface area contributed by atoms with Gasteiger partial charge in [-0.3, -0.25) is 14.7 Å². The number of rotatable bonds is 5. The van der Waals surface area contributed by atoms with E-state index in [0.717, 1.165) is 38.5 Å². The van der Waals surface area contributed by atoms with Crippen LogP contribution >= 0.6 is 0 Å². The van der Waals surface area contributed by atoms with Crippen molar-refractivity contribution in [2.24, 2.45) is 0 Å². The van der Waals surface area contributed by atoms with Gasteiger partial charge in [0, 0.05) is 50.7 Å². The molecule has 1 amide bonds. The van der Waals surface area contributed by atoms with Gasteiger partial charge >= 0.3 is 0 Å². The minimum Gasteiger partial charge on any atom is -0.494 e. The summed E-state index contributed by atoms with van der Waals surface area (Å²) in [6, 6.07) is 11.8. The fourth-order valence-electron chi connectivity index (χ4n) is 2.94. The molecule has 0 unspecified atom stereocenters. The van der Waals surface area contributed by atoms with Crippen molar-refractivity contribution >= 4 is 5.91 Å². The van der Waals surface area contributed by atoms with Gasteiger partial charge in [0.05, 0.1) is 6.61 Å². The molecule has 0 aliphatic carbocycles. The molecule has 1 aliphatic rings. The van der Waals surface area contributed by atoms with Crippen molar-refractivity contribution in [2.45, 2.75) is 13.5 Å². The quantitative estimate of drug-likeness (QED) is 0.847. The molecule has 2 heterocycles. The molecular weight excluding hydrogens is 302 g/mol. The van der Waals surface area contributed by atoms with E-state index in [2.05, 4.69) is 22.0 Å². The molecule has 2 aromatic rings. The summed E-state index contributed by atoms with van der Waals surface area (Å²) >= 11 is 0. The van der Waals surface area contributed by atoms with Crippen LogP contribution in [0.1, 0.15) is 22.8 Å². The SMILES string of the molecule is CCOc1cccc(CN2CCN(C(=O)c3ccncc3)CC2)c1. The lowest BCUT2D eigenvalue weighted by molar-refractivity contribution is 0.0628. The Balaban J connectivity index is 1.54. The van der Waals surface area contributed by atoms with E-state index in [0.29, 0.717) is 12.2 Å². The second kappa shape index (κ2) is 7.93. The van der Waals surface area contributed by atoms with E-state index in [1.807, 2.05) is 24.0 Å². The maximum atomic E-state index is 12.4. The second-order valence-corrected chi connectivity index (χ2v) is 5.88. The average molecular weight is 325 g/mol. The highest BCUT2D eigenvalue weighted by Gasteiger charge is 2.22. The summed E-state index contributed by atoms with van der Waals surface area (Å²) in [5.74, 6) is 1.01. The van der Waals surface area contributed by atoms with E-state index in [4.69, 9.17) is 4.74 Å². The van der Waals surface area contributed by atoms with Gasteiger partial charge in [-0.2, -0.15) is 0 Å². The number of carbonyl (C=O) groups excluding carboxylic acids is 1. The number of aromatic nitrogens is 1. The van der Waals surface area contributed by atoms with Gasteiger partial charge in [0.15, 0.2) is 0 Å². The van der Waals surface area contributed by atoms with Crippen LogP contribution in [0.3, 0.4) is 0 Å².